The van der Waals surface area contributed by atoms with E-state index < -0.39 is 30.3 Å². The maximum atomic E-state index is 12.6. The maximum Gasteiger partial charge on any atom is 0.437 e. The van der Waals surface area contributed by atoms with Gasteiger partial charge in [0.1, 0.15) is 0 Å². The van der Waals surface area contributed by atoms with Gasteiger partial charge >= 0.3 is 12.1 Å². The van der Waals surface area contributed by atoms with Crippen LogP contribution < -0.4 is 9.64 Å². The van der Waals surface area contributed by atoms with Crippen molar-refractivity contribution in [1.29, 1.82) is 0 Å². The lowest BCUT2D eigenvalue weighted by atomic mass is 10.2. The highest BCUT2D eigenvalue weighted by Crippen LogP contribution is 2.34. The lowest BCUT2D eigenvalue weighted by Gasteiger charge is -2.17. The van der Waals surface area contributed by atoms with Gasteiger partial charge in [0.25, 0.3) is 5.91 Å². The van der Waals surface area contributed by atoms with Crippen LogP contribution in [0.4, 0.5) is 18.9 Å². The smallest absolute Gasteiger partial charge is 0.437 e. The van der Waals surface area contributed by atoms with Crippen LogP contribution in [-0.2, 0) is 11.0 Å². The summed E-state index contributed by atoms with van der Waals surface area (Å²) in [6.45, 7) is 0.649. The van der Waals surface area contributed by atoms with Crippen molar-refractivity contribution in [1.82, 2.24) is 5.16 Å². The quantitative estimate of drug-likeness (QED) is 0.845. The number of benzene rings is 1. The Morgan fingerprint density at radius 2 is 2.13 bits per heavy atom. The molecule has 2 rings (SSSR count). The number of hydrogen-bond donors (Lipinski definition) is 0. The first kappa shape index (κ1) is 17.1. The second kappa shape index (κ2) is 6.49. The number of rotatable bonds is 4. The Hall–Kier alpha value is -2.22. The van der Waals surface area contributed by atoms with Crippen molar-refractivity contribution in [3.8, 4) is 5.95 Å². The number of carbonyl (C=O) groups excluding carboxylic acids is 1. The Labute approximate surface area is 134 Å². The second-order valence-corrected chi connectivity index (χ2v) is 5.10. The highest BCUT2D eigenvalue weighted by Gasteiger charge is 2.38. The number of amides is 1. The van der Waals surface area contributed by atoms with E-state index in [0.717, 1.165) is 6.92 Å². The Morgan fingerprint density at radius 3 is 2.70 bits per heavy atom. The molecule has 0 unspecified atom stereocenters. The Balaban J connectivity index is 2.04. The summed E-state index contributed by atoms with van der Waals surface area (Å²) in [5.74, 6) is -0.929. The van der Waals surface area contributed by atoms with Crippen molar-refractivity contribution in [3.05, 3.63) is 40.5 Å². The third kappa shape index (κ3) is 3.95. The molecule has 1 amide bonds. The predicted octanol–water partition coefficient (Wildman–Crippen LogP) is 3.70. The van der Waals surface area contributed by atoms with Crippen molar-refractivity contribution < 1.29 is 27.2 Å². The van der Waals surface area contributed by atoms with Gasteiger partial charge in [0.2, 0.25) is 0 Å². The topological polar surface area (TPSA) is 55.6 Å². The van der Waals surface area contributed by atoms with Crippen LogP contribution in [-0.4, -0.2) is 24.7 Å². The molecule has 0 saturated carbocycles. The summed E-state index contributed by atoms with van der Waals surface area (Å²) in [5, 5.41) is 3.36. The van der Waals surface area contributed by atoms with Crippen LogP contribution in [0.2, 0.25) is 5.02 Å². The van der Waals surface area contributed by atoms with Gasteiger partial charge in [-0.15, -0.1) is 0 Å². The molecule has 0 atom stereocenters. The molecule has 23 heavy (non-hydrogen) atoms. The first-order valence-electron chi connectivity index (χ1n) is 6.38. The lowest BCUT2D eigenvalue weighted by molar-refractivity contribution is -0.143. The molecule has 0 aliphatic heterocycles. The van der Waals surface area contributed by atoms with E-state index in [9.17, 15) is 18.0 Å². The van der Waals surface area contributed by atoms with Gasteiger partial charge in [0.15, 0.2) is 12.3 Å². The summed E-state index contributed by atoms with van der Waals surface area (Å²) in [6, 6.07) is 6.54. The molecular formula is C14H12ClF3N2O3. The number of anilines is 1. The number of likely N-dealkylation sites (N-methyl/N-ethyl adjacent to an activating group) is 1. The van der Waals surface area contributed by atoms with Crippen LogP contribution in [0, 0.1) is 6.92 Å². The molecule has 0 aliphatic rings. The fraction of sp³-hybridized carbons (Fsp3) is 0.286. The fourth-order valence-corrected chi connectivity index (χ4v) is 1.96. The normalized spacial score (nSPS) is 11.4. The van der Waals surface area contributed by atoms with Gasteiger partial charge in [-0.3, -0.25) is 4.79 Å². The van der Waals surface area contributed by atoms with E-state index in [0.29, 0.717) is 10.7 Å². The van der Waals surface area contributed by atoms with E-state index in [1.54, 1.807) is 24.3 Å². The zero-order chi connectivity index (χ0) is 17.2. The van der Waals surface area contributed by atoms with E-state index in [2.05, 4.69) is 9.68 Å². The molecule has 0 radical (unpaired) electrons. The molecule has 1 aromatic heterocycles. The monoisotopic (exact) mass is 348 g/mol. The summed E-state index contributed by atoms with van der Waals surface area (Å²) in [5.41, 5.74) is -0.963. The van der Waals surface area contributed by atoms with E-state index >= 15 is 0 Å². The van der Waals surface area contributed by atoms with Gasteiger partial charge in [0, 0.05) is 17.8 Å². The number of carbonyl (C=O) groups is 1. The highest BCUT2D eigenvalue weighted by molar-refractivity contribution is 6.30. The van der Waals surface area contributed by atoms with Gasteiger partial charge in [-0.1, -0.05) is 22.8 Å². The molecule has 0 aliphatic carbocycles. The van der Waals surface area contributed by atoms with Crippen LogP contribution in [0.3, 0.4) is 0 Å². The number of ether oxygens (including phenoxy) is 1. The van der Waals surface area contributed by atoms with Crippen molar-refractivity contribution in [3.63, 3.8) is 0 Å². The minimum atomic E-state index is -4.64. The Bertz CT molecular complexity index is 716. The van der Waals surface area contributed by atoms with Crippen LogP contribution in [0.1, 0.15) is 11.3 Å². The molecular weight excluding hydrogens is 337 g/mol. The molecule has 5 nitrogen and oxygen atoms in total. The van der Waals surface area contributed by atoms with E-state index in [-0.39, 0.29) is 5.56 Å². The Kier molecular flexibility index (Phi) is 4.84. The van der Waals surface area contributed by atoms with Gasteiger partial charge in [-0.2, -0.15) is 13.2 Å². The molecule has 124 valence electrons. The van der Waals surface area contributed by atoms with Crippen molar-refractivity contribution in [2.24, 2.45) is 0 Å². The maximum absolute atomic E-state index is 12.6. The van der Waals surface area contributed by atoms with Gasteiger partial charge in [-0.25, -0.2) is 0 Å². The van der Waals surface area contributed by atoms with Crippen molar-refractivity contribution in [2.75, 3.05) is 18.6 Å². The summed E-state index contributed by atoms with van der Waals surface area (Å²) in [6.07, 6.45) is -4.64. The molecule has 0 fully saturated rings. The summed E-state index contributed by atoms with van der Waals surface area (Å²) in [4.78, 5) is 13.3. The fourth-order valence-electron chi connectivity index (χ4n) is 1.77. The van der Waals surface area contributed by atoms with E-state index in [1.165, 1.54) is 11.9 Å². The number of halogens is 4. The van der Waals surface area contributed by atoms with Gasteiger partial charge in [-0.05, 0) is 25.1 Å². The van der Waals surface area contributed by atoms with Gasteiger partial charge in [0.05, 0.1) is 5.56 Å². The van der Waals surface area contributed by atoms with Crippen LogP contribution in [0.15, 0.2) is 28.8 Å². The zero-order valence-electron chi connectivity index (χ0n) is 12.1. The van der Waals surface area contributed by atoms with E-state index in [4.69, 9.17) is 16.3 Å². The molecule has 1 aromatic carbocycles. The van der Waals surface area contributed by atoms with Crippen molar-refractivity contribution >= 4 is 23.2 Å². The molecule has 1 heterocycles. The summed E-state index contributed by atoms with van der Waals surface area (Å²) >= 11 is 5.83. The summed E-state index contributed by atoms with van der Waals surface area (Å²) < 4.78 is 47.2. The SMILES string of the molecule is Cc1c(C(F)(F)F)noc1OCC(=O)N(C)c1cccc(Cl)c1. The zero-order valence-corrected chi connectivity index (χ0v) is 12.9. The average Bonchev–Trinajstić information content (AvgIpc) is 2.85. The number of aromatic nitrogens is 1. The minimum absolute atomic E-state index is 0.310. The standard InChI is InChI=1S/C14H12ClF3N2O3/c1-8-12(14(16,17)18)19-23-13(8)22-7-11(21)20(2)10-5-3-4-9(15)6-10/h3-6H,7H2,1-2H3. The number of hydrogen-bond acceptors (Lipinski definition) is 4. The molecule has 9 heteroatoms. The molecule has 0 N–H and O–H groups in total. The molecule has 0 saturated heterocycles. The van der Waals surface area contributed by atoms with Crippen molar-refractivity contribution in [2.45, 2.75) is 13.1 Å². The number of alkyl halides is 3. The molecule has 0 spiro atoms. The van der Waals surface area contributed by atoms with Crippen LogP contribution >= 0.6 is 11.6 Å². The lowest BCUT2D eigenvalue weighted by Crippen LogP contribution is -2.31. The van der Waals surface area contributed by atoms with Crippen LogP contribution in [0.25, 0.3) is 0 Å². The minimum Gasteiger partial charge on any atom is -0.453 e. The third-order valence-corrected chi connectivity index (χ3v) is 3.28. The first-order chi connectivity index (χ1) is 10.7. The number of nitrogens with zero attached hydrogens (tertiary/aromatic N) is 2. The van der Waals surface area contributed by atoms with Gasteiger partial charge < -0.3 is 14.2 Å². The first-order valence-corrected chi connectivity index (χ1v) is 6.76. The predicted molar refractivity (Wildman–Crippen MR) is 76.6 cm³/mol. The van der Waals surface area contributed by atoms with Crippen LogP contribution in [0.5, 0.6) is 5.95 Å². The highest BCUT2D eigenvalue weighted by atomic mass is 35.5. The summed E-state index contributed by atoms with van der Waals surface area (Å²) in [7, 11) is 1.49. The third-order valence-electron chi connectivity index (χ3n) is 3.05. The molecule has 0 bridgehead atoms. The van der Waals surface area contributed by atoms with E-state index in [1.807, 2.05) is 0 Å². The Morgan fingerprint density at radius 1 is 1.43 bits per heavy atom. The largest absolute Gasteiger partial charge is 0.453 e. The second-order valence-electron chi connectivity index (χ2n) is 4.66. The molecule has 2 aromatic rings. The average molecular weight is 349 g/mol.